The van der Waals surface area contributed by atoms with Gasteiger partial charge in [0, 0.05) is 19.3 Å². The summed E-state index contributed by atoms with van der Waals surface area (Å²) >= 11 is 0. The molecule has 0 aliphatic heterocycles. The Hall–Kier alpha value is -4.36. The molecule has 0 radical (unpaired) electrons. The van der Waals surface area contributed by atoms with Gasteiger partial charge in [-0.1, -0.05) is 115 Å². The average molecular weight is 452 g/mol. The van der Waals surface area contributed by atoms with Crippen LogP contribution in [0, 0.1) is 0 Å². The van der Waals surface area contributed by atoms with Gasteiger partial charge in [0.1, 0.15) is 0 Å². The molecule has 0 amide bonds. The van der Waals surface area contributed by atoms with Crippen LogP contribution in [0.3, 0.4) is 0 Å². The fraction of sp³-hybridized carbons (Fsp3) is 0.0588. The molecule has 0 fully saturated rings. The third-order valence-electron chi connectivity index (χ3n) is 6.40. The Morgan fingerprint density at radius 3 is 1.66 bits per heavy atom. The SMILES string of the molecule is C=CCN(C=Cc1cccc2c(-c3ccccc3)c3ccccc3c(-c3ccccc3)c12)CC=C. The molecule has 5 aromatic carbocycles. The van der Waals surface area contributed by atoms with Gasteiger partial charge in [0.15, 0.2) is 0 Å². The summed E-state index contributed by atoms with van der Waals surface area (Å²) in [5.74, 6) is 0. The van der Waals surface area contributed by atoms with Crippen LogP contribution in [0.25, 0.3) is 49.9 Å². The van der Waals surface area contributed by atoms with Gasteiger partial charge in [-0.25, -0.2) is 0 Å². The molecular formula is C34H29N. The van der Waals surface area contributed by atoms with Gasteiger partial charge in [-0.3, -0.25) is 0 Å². The summed E-state index contributed by atoms with van der Waals surface area (Å²) in [5, 5.41) is 5.06. The largest absolute Gasteiger partial charge is 0.370 e. The minimum absolute atomic E-state index is 0.775. The summed E-state index contributed by atoms with van der Waals surface area (Å²) in [6.07, 6.45) is 8.23. The molecule has 35 heavy (non-hydrogen) atoms. The van der Waals surface area contributed by atoms with E-state index in [1.807, 2.05) is 12.2 Å². The van der Waals surface area contributed by atoms with Crippen LogP contribution in [0.4, 0.5) is 0 Å². The predicted molar refractivity (Wildman–Crippen MR) is 153 cm³/mol. The molecule has 0 aromatic heterocycles. The lowest BCUT2D eigenvalue weighted by atomic mass is 9.84. The summed E-state index contributed by atoms with van der Waals surface area (Å²) < 4.78 is 0. The number of hydrogen-bond acceptors (Lipinski definition) is 1. The first kappa shape index (κ1) is 22.4. The van der Waals surface area contributed by atoms with E-state index in [0.717, 1.165) is 13.1 Å². The molecule has 170 valence electrons. The van der Waals surface area contributed by atoms with E-state index >= 15 is 0 Å². The zero-order valence-electron chi connectivity index (χ0n) is 19.9. The van der Waals surface area contributed by atoms with Crippen molar-refractivity contribution < 1.29 is 0 Å². The highest BCUT2D eigenvalue weighted by Crippen LogP contribution is 2.44. The molecule has 0 N–H and O–H groups in total. The second kappa shape index (κ2) is 10.3. The Morgan fingerprint density at radius 1 is 0.543 bits per heavy atom. The molecule has 5 rings (SSSR count). The fourth-order valence-corrected chi connectivity index (χ4v) is 4.93. The standard InChI is InChI=1S/C34H29N/c1-3-23-35(24-4-2)25-22-28-18-13-21-31-32(26-14-7-5-8-15-26)29-19-11-12-20-30(29)33(34(28)31)27-16-9-6-10-17-27/h3-22,25H,1-2,23-24H2. The van der Waals surface area contributed by atoms with E-state index in [-0.39, 0.29) is 0 Å². The quantitative estimate of drug-likeness (QED) is 0.168. The van der Waals surface area contributed by atoms with Gasteiger partial charge in [0.2, 0.25) is 0 Å². The van der Waals surface area contributed by atoms with E-state index in [1.54, 1.807) is 0 Å². The van der Waals surface area contributed by atoms with E-state index in [9.17, 15) is 0 Å². The van der Waals surface area contributed by atoms with Crippen molar-refractivity contribution in [2.45, 2.75) is 0 Å². The van der Waals surface area contributed by atoms with Crippen molar-refractivity contribution in [3.63, 3.8) is 0 Å². The maximum atomic E-state index is 3.91. The molecule has 5 aromatic rings. The van der Waals surface area contributed by atoms with Crippen molar-refractivity contribution in [3.05, 3.63) is 140 Å². The minimum atomic E-state index is 0.775. The second-order valence-electron chi connectivity index (χ2n) is 8.64. The molecule has 0 aliphatic rings. The third-order valence-corrected chi connectivity index (χ3v) is 6.40. The fourth-order valence-electron chi connectivity index (χ4n) is 4.93. The highest BCUT2D eigenvalue weighted by Gasteiger charge is 2.18. The first-order valence-electron chi connectivity index (χ1n) is 12.0. The van der Waals surface area contributed by atoms with Crippen molar-refractivity contribution in [2.75, 3.05) is 13.1 Å². The zero-order chi connectivity index (χ0) is 24.0. The molecule has 0 unspecified atom stereocenters. The van der Waals surface area contributed by atoms with Crippen LogP contribution in [0.15, 0.2) is 135 Å². The van der Waals surface area contributed by atoms with E-state index in [4.69, 9.17) is 0 Å². The Labute approximate surface area is 208 Å². The summed E-state index contributed by atoms with van der Waals surface area (Å²) in [6, 6.07) is 36.9. The molecule has 0 saturated heterocycles. The summed E-state index contributed by atoms with van der Waals surface area (Å²) in [6.45, 7) is 9.37. The Morgan fingerprint density at radius 2 is 1.06 bits per heavy atom. The van der Waals surface area contributed by atoms with E-state index < -0.39 is 0 Å². The smallest absolute Gasteiger partial charge is 0.0354 e. The van der Waals surface area contributed by atoms with Gasteiger partial charge in [-0.15, -0.1) is 13.2 Å². The number of rotatable bonds is 8. The van der Waals surface area contributed by atoms with Crippen LogP contribution in [-0.2, 0) is 0 Å². The highest BCUT2D eigenvalue weighted by molar-refractivity contribution is 6.23. The molecular weight excluding hydrogens is 422 g/mol. The second-order valence-corrected chi connectivity index (χ2v) is 8.64. The molecule has 0 aliphatic carbocycles. The van der Waals surface area contributed by atoms with Gasteiger partial charge in [-0.2, -0.15) is 0 Å². The van der Waals surface area contributed by atoms with Crippen LogP contribution in [0.2, 0.25) is 0 Å². The third kappa shape index (κ3) is 4.41. The van der Waals surface area contributed by atoms with E-state index in [1.165, 1.54) is 49.4 Å². The van der Waals surface area contributed by atoms with Crippen LogP contribution in [0.1, 0.15) is 5.56 Å². The van der Waals surface area contributed by atoms with Gasteiger partial charge < -0.3 is 4.90 Å². The van der Waals surface area contributed by atoms with Crippen LogP contribution in [0.5, 0.6) is 0 Å². The Bertz CT molecular complexity index is 1500. The van der Waals surface area contributed by atoms with Crippen LogP contribution in [-0.4, -0.2) is 18.0 Å². The zero-order valence-corrected chi connectivity index (χ0v) is 19.9. The molecule has 0 saturated carbocycles. The first-order chi connectivity index (χ1) is 17.3. The van der Waals surface area contributed by atoms with Crippen LogP contribution >= 0.6 is 0 Å². The number of nitrogens with zero attached hydrogens (tertiary/aromatic N) is 1. The van der Waals surface area contributed by atoms with Crippen molar-refractivity contribution >= 4 is 27.6 Å². The predicted octanol–water partition coefficient (Wildman–Crippen LogP) is 8.97. The number of fused-ring (bicyclic) bond motifs is 2. The number of benzene rings is 5. The lowest BCUT2D eigenvalue weighted by molar-refractivity contribution is 0.465. The van der Waals surface area contributed by atoms with Gasteiger partial charge in [0.25, 0.3) is 0 Å². The highest BCUT2D eigenvalue weighted by atomic mass is 15.1. The average Bonchev–Trinajstić information content (AvgIpc) is 2.91. The van der Waals surface area contributed by atoms with Crippen molar-refractivity contribution in [3.8, 4) is 22.3 Å². The van der Waals surface area contributed by atoms with Gasteiger partial charge >= 0.3 is 0 Å². The monoisotopic (exact) mass is 451 g/mol. The summed E-state index contributed by atoms with van der Waals surface area (Å²) in [5.41, 5.74) is 6.20. The molecule has 1 nitrogen and oxygen atoms in total. The normalized spacial score (nSPS) is 11.2. The van der Waals surface area contributed by atoms with E-state index in [0.29, 0.717) is 0 Å². The molecule has 0 spiro atoms. The topological polar surface area (TPSA) is 3.24 Å². The lowest BCUT2D eigenvalue weighted by Crippen LogP contribution is -2.16. The van der Waals surface area contributed by atoms with Crippen molar-refractivity contribution in [2.24, 2.45) is 0 Å². The molecule has 0 atom stereocenters. The summed E-state index contributed by atoms with van der Waals surface area (Å²) in [4.78, 5) is 2.21. The van der Waals surface area contributed by atoms with Crippen molar-refractivity contribution in [1.29, 1.82) is 0 Å². The Kier molecular flexibility index (Phi) is 6.59. The van der Waals surface area contributed by atoms with E-state index in [2.05, 4.69) is 133 Å². The van der Waals surface area contributed by atoms with Crippen molar-refractivity contribution in [1.82, 2.24) is 4.90 Å². The van der Waals surface area contributed by atoms with Gasteiger partial charge in [0.05, 0.1) is 0 Å². The maximum absolute atomic E-state index is 3.91. The molecule has 0 bridgehead atoms. The maximum Gasteiger partial charge on any atom is 0.0354 e. The minimum Gasteiger partial charge on any atom is -0.370 e. The summed E-state index contributed by atoms with van der Waals surface area (Å²) in [7, 11) is 0. The first-order valence-corrected chi connectivity index (χ1v) is 12.0. The molecule has 1 heteroatoms. The lowest BCUT2D eigenvalue weighted by Gasteiger charge is -2.20. The number of hydrogen-bond donors (Lipinski definition) is 0. The Balaban J connectivity index is 1.89. The molecule has 0 heterocycles. The van der Waals surface area contributed by atoms with Gasteiger partial charge in [-0.05, 0) is 55.4 Å². The van der Waals surface area contributed by atoms with Crippen LogP contribution < -0.4 is 0 Å².